The van der Waals surface area contributed by atoms with E-state index in [-0.39, 0.29) is 5.91 Å². The minimum absolute atomic E-state index is 0.116. The maximum absolute atomic E-state index is 12.1. The van der Waals surface area contributed by atoms with E-state index in [4.69, 9.17) is 0 Å². The van der Waals surface area contributed by atoms with Crippen molar-refractivity contribution in [1.29, 1.82) is 0 Å². The molecule has 0 atom stereocenters. The summed E-state index contributed by atoms with van der Waals surface area (Å²) in [6.45, 7) is 2.12. The van der Waals surface area contributed by atoms with Gasteiger partial charge in [0, 0.05) is 4.47 Å². The SMILES string of the molecule is CCc1ccc(N=C2NC(=O)C(=Cc3ccccc3Br)S2)cc1. The number of halogens is 1. The molecule has 1 fully saturated rings. The number of thioether (sulfide) groups is 1. The Bertz CT molecular complexity index is 797. The molecule has 1 heterocycles. The number of carbonyl (C=O) groups is 1. The minimum atomic E-state index is -0.116. The van der Waals surface area contributed by atoms with Crippen molar-refractivity contribution in [3.05, 3.63) is 69.0 Å². The number of carbonyl (C=O) groups excluding carboxylic acids is 1. The van der Waals surface area contributed by atoms with E-state index >= 15 is 0 Å². The summed E-state index contributed by atoms with van der Waals surface area (Å²) in [5.74, 6) is -0.116. The monoisotopic (exact) mass is 386 g/mol. The van der Waals surface area contributed by atoms with Crippen LogP contribution in [0, 0.1) is 0 Å². The van der Waals surface area contributed by atoms with Crippen molar-refractivity contribution in [2.75, 3.05) is 0 Å². The van der Waals surface area contributed by atoms with Crippen molar-refractivity contribution in [1.82, 2.24) is 5.32 Å². The summed E-state index contributed by atoms with van der Waals surface area (Å²) >= 11 is 4.85. The summed E-state index contributed by atoms with van der Waals surface area (Å²) in [5, 5.41) is 3.42. The van der Waals surface area contributed by atoms with Crippen LogP contribution in [0.4, 0.5) is 5.69 Å². The van der Waals surface area contributed by atoms with E-state index in [1.165, 1.54) is 17.3 Å². The predicted octanol–water partition coefficient (Wildman–Crippen LogP) is 4.90. The summed E-state index contributed by atoms with van der Waals surface area (Å²) in [7, 11) is 0. The van der Waals surface area contributed by atoms with Gasteiger partial charge in [-0.05, 0) is 53.6 Å². The standard InChI is InChI=1S/C18H15BrN2OS/c1-2-12-7-9-14(10-8-12)20-18-21-17(22)16(23-18)11-13-5-3-4-6-15(13)19/h3-11H,2H2,1H3,(H,20,21,22). The van der Waals surface area contributed by atoms with E-state index in [0.717, 1.165) is 22.1 Å². The van der Waals surface area contributed by atoms with Crippen molar-refractivity contribution in [2.24, 2.45) is 4.99 Å². The highest BCUT2D eigenvalue weighted by atomic mass is 79.9. The third kappa shape index (κ3) is 3.92. The third-order valence-corrected chi connectivity index (χ3v) is 5.05. The van der Waals surface area contributed by atoms with Gasteiger partial charge in [0.15, 0.2) is 5.17 Å². The van der Waals surface area contributed by atoms with Crippen molar-refractivity contribution in [2.45, 2.75) is 13.3 Å². The number of aliphatic imine (C=N–C) groups is 1. The Morgan fingerprint density at radius 2 is 1.91 bits per heavy atom. The topological polar surface area (TPSA) is 41.5 Å². The first-order valence-electron chi connectivity index (χ1n) is 7.29. The molecule has 2 aromatic carbocycles. The first-order chi connectivity index (χ1) is 11.2. The fourth-order valence-electron chi connectivity index (χ4n) is 2.14. The van der Waals surface area contributed by atoms with Crippen LogP contribution in [-0.4, -0.2) is 11.1 Å². The van der Waals surface area contributed by atoms with E-state index in [2.05, 4.69) is 45.3 Å². The van der Waals surface area contributed by atoms with Gasteiger partial charge in [-0.3, -0.25) is 4.79 Å². The Morgan fingerprint density at radius 1 is 1.17 bits per heavy atom. The van der Waals surface area contributed by atoms with Gasteiger partial charge in [0.2, 0.25) is 0 Å². The normalized spacial score (nSPS) is 17.7. The number of benzene rings is 2. The zero-order valence-corrected chi connectivity index (χ0v) is 14.9. The third-order valence-electron chi connectivity index (χ3n) is 3.42. The van der Waals surface area contributed by atoms with Crippen LogP contribution in [0.3, 0.4) is 0 Å². The van der Waals surface area contributed by atoms with Gasteiger partial charge in [0.05, 0.1) is 10.6 Å². The molecular weight excluding hydrogens is 372 g/mol. The fraction of sp³-hybridized carbons (Fsp3) is 0.111. The highest BCUT2D eigenvalue weighted by molar-refractivity contribution is 9.10. The van der Waals surface area contributed by atoms with Crippen molar-refractivity contribution < 1.29 is 4.79 Å². The number of hydrogen-bond acceptors (Lipinski definition) is 3. The van der Waals surface area contributed by atoms with Gasteiger partial charge >= 0.3 is 0 Å². The Kier molecular flexibility index (Phi) is 4.98. The van der Waals surface area contributed by atoms with Crippen LogP contribution in [-0.2, 0) is 11.2 Å². The Hall–Kier alpha value is -1.85. The van der Waals surface area contributed by atoms with Crippen LogP contribution >= 0.6 is 27.7 Å². The van der Waals surface area contributed by atoms with Crippen molar-refractivity contribution in [3.63, 3.8) is 0 Å². The van der Waals surface area contributed by atoms with Crippen LogP contribution < -0.4 is 5.32 Å². The van der Waals surface area contributed by atoms with Gasteiger partial charge < -0.3 is 5.32 Å². The van der Waals surface area contributed by atoms with Gasteiger partial charge in [-0.15, -0.1) is 0 Å². The second-order valence-corrected chi connectivity index (χ2v) is 6.91. The molecule has 23 heavy (non-hydrogen) atoms. The molecule has 3 rings (SSSR count). The molecule has 5 heteroatoms. The zero-order chi connectivity index (χ0) is 16.2. The van der Waals surface area contributed by atoms with Crippen LogP contribution in [0.15, 0.2) is 62.9 Å². The molecule has 0 aromatic heterocycles. The number of nitrogens with one attached hydrogen (secondary N) is 1. The van der Waals surface area contributed by atoms with Crippen molar-refractivity contribution in [3.8, 4) is 0 Å². The lowest BCUT2D eigenvalue weighted by Crippen LogP contribution is -2.19. The molecule has 1 amide bonds. The van der Waals surface area contributed by atoms with E-state index in [0.29, 0.717) is 10.1 Å². The largest absolute Gasteiger partial charge is 0.300 e. The molecule has 3 nitrogen and oxygen atoms in total. The summed E-state index contributed by atoms with van der Waals surface area (Å²) < 4.78 is 0.960. The number of amidine groups is 1. The molecule has 1 aliphatic rings. The number of aryl methyl sites for hydroxylation is 1. The molecule has 0 aliphatic carbocycles. The van der Waals surface area contributed by atoms with Gasteiger partial charge in [-0.25, -0.2) is 4.99 Å². The highest BCUT2D eigenvalue weighted by Crippen LogP contribution is 2.29. The smallest absolute Gasteiger partial charge is 0.264 e. The summed E-state index contributed by atoms with van der Waals surface area (Å²) in [5.41, 5.74) is 3.08. The van der Waals surface area contributed by atoms with E-state index < -0.39 is 0 Å². The molecule has 0 spiro atoms. The predicted molar refractivity (Wildman–Crippen MR) is 101 cm³/mol. The first kappa shape index (κ1) is 16.0. The van der Waals surface area contributed by atoms with E-state index in [1.807, 2.05) is 42.5 Å². The minimum Gasteiger partial charge on any atom is -0.300 e. The van der Waals surface area contributed by atoms with Crippen LogP contribution in [0.5, 0.6) is 0 Å². The Balaban J connectivity index is 1.81. The zero-order valence-electron chi connectivity index (χ0n) is 12.5. The van der Waals surface area contributed by atoms with Crippen LogP contribution in [0.2, 0.25) is 0 Å². The lowest BCUT2D eigenvalue weighted by molar-refractivity contribution is -0.115. The average Bonchev–Trinajstić information content (AvgIpc) is 2.90. The molecular formula is C18H15BrN2OS. The Labute approximate surface area is 148 Å². The lowest BCUT2D eigenvalue weighted by atomic mass is 10.2. The number of nitrogens with zero attached hydrogens (tertiary/aromatic N) is 1. The van der Waals surface area contributed by atoms with Crippen molar-refractivity contribution >= 4 is 50.5 Å². The molecule has 1 N–H and O–H groups in total. The van der Waals surface area contributed by atoms with Gasteiger partial charge in [0.1, 0.15) is 0 Å². The van der Waals surface area contributed by atoms with Gasteiger partial charge in [-0.2, -0.15) is 0 Å². The number of hydrogen-bond donors (Lipinski definition) is 1. The van der Waals surface area contributed by atoms with Crippen LogP contribution in [0.25, 0.3) is 6.08 Å². The first-order valence-corrected chi connectivity index (χ1v) is 8.89. The molecule has 1 saturated heterocycles. The van der Waals surface area contributed by atoms with E-state index in [9.17, 15) is 4.79 Å². The molecule has 0 unspecified atom stereocenters. The number of amides is 1. The highest BCUT2D eigenvalue weighted by Gasteiger charge is 2.23. The van der Waals surface area contributed by atoms with Gasteiger partial charge in [-0.1, -0.05) is 53.2 Å². The maximum atomic E-state index is 12.1. The fourth-order valence-corrected chi connectivity index (χ4v) is 3.37. The van der Waals surface area contributed by atoms with Crippen LogP contribution in [0.1, 0.15) is 18.1 Å². The van der Waals surface area contributed by atoms with Gasteiger partial charge in [0.25, 0.3) is 5.91 Å². The lowest BCUT2D eigenvalue weighted by Gasteiger charge is -1.99. The maximum Gasteiger partial charge on any atom is 0.264 e. The summed E-state index contributed by atoms with van der Waals surface area (Å²) in [6, 6.07) is 15.8. The summed E-state index contributed by atoms with van der Waals surface area (Å²) in [6.07, 6.45) is 2.87. The molecule has 0 radical (unpaired) electrons. The van der Waals surface area contributed by atoms with E-state index in [1.54, 1.807) is 0 Å². The quantitative estimate of drug-likeness (QED) is 0.761. The molecule has 0 bridgehead atoms. The second kappa shape index (κ2) is 7.15. The molecule has 116 valence electrons. The second-order valence-electron chi connectivity index (χ2n) is 5.02. The average molecular weight is 387 g/mol. The summed E-state index contributed by atoms with van der Waals surface area (Å²) in [4.78, 5) is 17.2. The number of rotatable bonds is 3. The Morgan fingerprint density at radius 3 is 2.61 bits per heavy atom. The molecule has 1 aliphatic heterocycles. The molecule has 2 aromatic rings. The molecule has 0 saturated carbocycles.